The first-order valence-corrected chi connectivity index (χ1v) is 6.55. The molecule has 5 nitrogen and oxygen atoms in total. The molecule has 0 unspecified atom stereocenters. The lowest BCUT2D eigenvalue weighted by Gasteiger charge is -2.02. The number of aromatic nitrogens is 1. The number of rotatable bonds is 4. The number of nitrogens with zero attached hydrogens (tertiary/aromatic N) is 1. The van der Waals surface area contributed by atoms with Crippen LogP contribution in [0.1, 0.15) is 27.1 Å². The predicted molar refractivity (Wildman–Crippen MR) is 73.1 cm³/mol. The van der Waals surface area contributed by atoms with E-state index >= 15 is 0 Å². The molecule has 110 valence electrons. The minimum absolute atomic E-state index is 0.112. The summed E-state index contributed by atoms with van der Waals surface area (Å²) < 4.78 is 30.7. The molecule has 21 heavy (non-hydrogen) atoms. The highest BCUT2D eigenvalue weighted by Crippen LogP contribution is 2.27. The smallest absolute Gasteiger partial charge is 0.358 e. The summed E-state index contributed by atoms with van der Waals surface area (Å²) in [6, 6.07) is 2.86. The highest BCUT2D eigenvalue weighted by atomic mass is 32.1. The van der Waals surface area contributed by atoms with Crippen molar-refractivity contribution < 1.29 is 23.1 Å². The van der Waals surface area contributed by atoms with Crippen molar-refractivity contribution in [1.29, 1.82) is 0 Å². The maximum Gasteiger partial charge on any atom is 0.358 e. The number of carbonyl (C=O) groups excluding carboxylic acids is 2. The molecule has 0 fully saturated rings. The van der Waals surface area contributed by atoms with Crippen LogP contribution in [0.15, 0.2) is 18.2 Å². The molecular formula is C13H10F2N2O3S. The summed E-state index contributed by atoms with van der Waals surface area (Å²) in [5.41, 5.74) is -0.0119. The van der Waals surface area contributed by atoms with Crippen LogP contribution in [0, 0.1) is 11.6 Å². The third-order valence-corrected chi connectivity index (χ3v) is 3.51. The first-order chi connectivity index (χ1) is 9.90. The van der Waals surface area contributed by atoms with Crippen LogP contribution in [-0.2, 0) is 4.74 Å². The van der Waals surface area contributed by atoms with Crippen molar-refractivity contribution in [1.82, 2.24) is 4.98 Å². The van der Waals surface area contributed by atoms with Crippen molar-refractivity contribution in [2.45, 2.75) is 6.92 Å². The Kier molecular flexibility index (Phi) is 4.27. The van der Waals surface area contributed by atoms with E-state index in [0.29, 0.717) is 0 Å². The van der Waals surface area contributed by atoms with E-state index in [-0.39, 0.29) is 27.2 Å². The van der Waals surface area contributed by atoms with Crippen LogP contribution in [0.3, 0.4) is 0 Å². The molecular weight excluding hydrogens is 302 g/mol. The van der Waals surface area contributed by atoms with Gasteiger partial charge in [0.1, 0.15) is 16.5 Å². The zero-order valence-corrected chi connectivity index (χ0v) is 11.9. The Morgan fingerprint density at radius 1 is 1.24 bits per heavy atom. The predicted octanol–water partition coefficient (Wildman–Crippen LogP) is 3.15. The maximum atomic E-state index is 13.1. The zero-order chi connectivity index (χ0) is 15.6. The third kappa shape index (κ3) is 3.40. The number of hydrogen-bond acceptors (Lipinski definition) is 6. The number of halogens is 2. The molecule has 0 saturated heterocycles. The minimum Gasteiger partial charge on any atom is -0.464 e. The van der Waals surface area contributed by atoms with Gasteiger partial charge in [0.2, 0.25) is 0 Å². The summed E-state index contributed by atoms with van der Waals surface area (Å²) in [5.74, 6) is -2.62. The number of carbonyl (C=O) groups is 2. The fourth-order valence-corrected chi connectivity index (χ4v) is 2.47. The summed E-state index contributed by atoms with van der Waals surface area (Å²) in [5, 5.41) is 2.81. The molecule has 0 aliphatic rings. The van der Waals surface area contributed by atoms with Crippen LogP contribution < -0.4 is 5.32 Å². The van der Waals surface area contributed by atoms with Crippen molar-refractivity contribution in [3.05, 3.63) is 40.4 Å². The van der Waals surface area contributed by atoms with Crippen molar-refractivity contribution in [2.75, 3.05) is 12.4 Å². The molecule has 8 heteroatoms. The average molecular weight is 312 g/mol. The first-order valence-electron chi connectivity index (χ1n) is 5.74. The van der Waals surface area contributed by atoms with Gasteiger partial charge in [0.05, 0.1) is 7.11 Å². The van der Waals surface area contributed by atoms with E-state index in [0.717, 1.165) is 29.5 Å². The lowest BCUT2D eigenvalue weighted by molar-refractivity contribution is 0.0591. The Balaban J connectivity index is 2.36. The average Bonchev–Trinajstić information content (AvgIpc) is 2.80. The van der Waals surface area contributed by atoms with Gasteiger partial charge in [0, 0.05) is 18.7 Å². The van der Waals surface area contributed by atoms with Crippen LogP contribution in [-0.4, -0.2) is 23.8 Å². The van der Waals surface area contributed by atoms with Crippen LogP contribution in [0.5, 0.6) is 0 Å². The Morgan fingerprint density at radius 3 is 2.38 bits per heavy atom. The van der Waals surface area contributed by atoms with Crippen LogP contribution in [0.4, 0.5) is 19.6 Å². The van der Waals surface area contributed by atoms with Gasteiger partial charge in [-0.3, -0.25) is 4.79 Å². The summed E-state index contributed by atoms with van der Waals surface area (Å²) in [4.78, 5) is 27.0. The SMILES string of the molecule is COC(=O)c1nc(Nc2cc(F)cc(F)c2)sc1C(C)=O. The minimum atomic E-state index is -0.756. The standard InChI is InChI=1S/C13H10F2N2O3S/c1-6(18)11-10(12(19)20-2)17-13(21-11)16-9-4-7(14)3-8(15)5-9/h3-5H,1-2H3,(H,16,17). The molecule has 1 aromatic carbocycles. The summed E-state index contributed by atoms with van der Waals surface area (Å²) in [6.07, 6.45) is 0. The normalized spacial score (nSPS) is 10.3. The van der Waals surface area contributed by atoms with Gasteiger partial charge in [-0.15, -0.1) is 0 Å². The summed E-state index contributed by atoms with van der Waals surface area (Å²) >= 11 is 0.900. The molecule has 0 amide bonds. The number of Topliss-reactive ketones (excluding diaryl/α,β-unsaturated/α-hetero) is 1. The molecule has 0 saturated carbocycles. The number of ether oxygens (including phenoxy) is 1. The number of anilines is 2. The Bertz CT molecular complexity index is 695. The molecule has 0 bridgehead atoms. The van der Waals surface area contributed by atoms with E-state index in [1.165, 1.54) is 14.0 Å². The quantitative estimate of drug-likeness (QED) is 0.694. The second kappa shape index (κ2) is 5.96. The summed E-state index contributed by atoms with van der Waals surface area (Å²) in [6.45, 7) is 1.28. The Morgan fingerprint density at radius 2 is 1.86 bits per heavy atom. The van der Waals surface area contributed by atoms with E-state index in [9.17, 15) is 18.4 Å². The van der Waals surface area contributed by atoms with Crippen LogP contribution in [0.2, 0.25) is 0 Å². The number of ketones is 1. The van der Waals surface area contributed by atoms with Gasteiger partial charge in [0.15, 0.2) is 16.6 Å². The van der Waals surface area contributed by atoms with Gasteiger partial charge in [0.25, 0.3) is 0 Å². The molecule has 1 heterocycles. The Hall–Kier alpha value is -2.35. The fraction of sp³-hybridized carbons (Fsp3) is 0.154. The van der Waals surface area contributed by atoms with Gasteiger partial charge in [-0.2, -0.15) is 0 Å². The molecule has 2 rings (SSSR count). The fourth-order valence-electron chi connectivity index (χ4n) is 1.60. The second-order valence-electron chi connectivity index (χ2n) is 4.03. The molecule has 0 radical (unpaired) electrons. The number of methoxy groups -OCH3 is 1. The van der Waals surface area contributed by atoms with Crippen LogP contribution in [0.25, 0.3) is 0 Å². The number of thiazole rings is 1. The highest BCUT2D eigenvalue weighted by Gasteiger charge is 2.22. The van der Waals surface area contributed by atoms with Gasteiger partial charge >= 0.3 is 5.97 Å². The number of hydrogen-bond donors (Lipinski definition) is 1. The lowest BCUT2D eigenvalue weighted by Crippen LogP contribution is -2.07. The highest BCUT2D eigenvalue weighted by molar-refractivity contribution is 7.17. The molecule has 0 atom stereocenters. The van der Waals surface area contributed by atoms with E-state index in [1.807, 2.05) is 0 Å². The van der Waals surface area contributed by atoms with E-state index in [4.69, 9.17) is 0 Å². The lowest BCUT2D eigenvalue weighted by atomic mass is 10.3. The van der Waals surface area contributed by atoms with Gasteiger partial charge in [-0.25, -0.2) is 18.6 Å². The van der Waals surface area contributed by atoms with Crippen LogP contribution >= 0.6 is 11.3 Å². The van der Waals surface area contributed by atoms with E-state index in [1.54, 1.807) is 0 Å². The molecule has 0 aliphatic carbocycles. The van der Waals surface area contributed by atoms with Gasteiger partial charge in [-0.05, 0) is 12.1 Å². The topological polar surface area (TPSA) is 68.3 Å². The van der Waals surface area contributed by atoms with Crippen molar-refractivity contribution in [2.24, 2.45) is 0 Å². The molecule has 1 N–H and O–H groups in total. The van der Waals surface area contributed by atoms with Crippen molar-refractivity contribution in [3.8, 4) is 0 Å². The second-order valence-corrected chi connectivity index (χ2v) is 5.03. The number of esters is 1. The first kappa shape index (κ1) is 15.0. The van der Waals surface area contributed by atoms with Gasteiger partial charge in [-0.1, -0.05) is 11.3 Å². The molecule has 1 aromatic heterocycles. The molecule has 0 aliphatic heterocycles. The van der Waals surface area contributed by atoms with Gasteiger partial charge < -0.3 is 10.1 Å². The van der Waals surface area contributed by atoms with Crippen molar-refractivity contribution >= 4 is 33.9 Å². The molecule has 2 aromatic rings. The largest absolute Gasteiger partial charge is 0.464 e. The molecule has 0 spiro atoms. The van der Waals surface area contributed by atoms with Crippen molar-refractivity contribution in [3.63, 3.8) is 0 Å². The Labute approximate surface area is 122 Å². The maximum absolute atomic E-state index is 13.1. The number of nitrogens with one attached hydrogen (secondary N) is 1. The van der Waals surface area contributed by atoms with E-state index < -0.39 is 17.6 Å². The van der Waals surface area contributed by atoms with E-state index in [2.05, 4.69) is 15.0 Å². The summed E-state index contributed by atoms with van der Waals surface area (Å²) in [7, 11) is 1.17. The zero-order valence-electron chi connectivity index (χ0n) is 11.1. The monoisotopic (exact) mass is 312 g/mol. The third-order valence-electron chi connectivity index (χ3n) is 2.44. The number of benzene rings is 1.